The van der Waals surface area contributed by atoms with Gasteiger partial charge < -0.3 is 15.5 Å². The summed E-state index contributed by atoms with van der Waals surface area (Å²) < 4.78 is 0. The fourth-order valence-corrected chi connectivity index (χ4v) is 3.11. The number of carbonyl (C=O) groups excluding carboxylic acids is 1. The van der Waals surface area contributed by atoms with Crippen molar-refractivity contribution in [3.05, 3.63) is 41.0 Å². The molecule has 0 aliphatic rings. The Labute approximate surface area is 129 Å². The van der Waals surface area contributed by atoms with Crippen LogP contribution in [-0.4, -0.2) is 36.4 Å². The number of pyridine rings is 1. The van der Waals surface area contributed by atoms with Crippen LogP contribution in [0.15, 0.2) is 30.5 Å². The van der Waals surface area contributed by atoms with Gasteiger partial charge in [0, 0.05) is 26.8 Å². The molecular weight excluding hydrogens is 284 g/mol. The third kappa shape index (κ3) is 3.52. The largest absolute Gasteiger partial charge is 0.397 e. The van der Waals surface area contributed by atoms with Crippen molar-refractivity contribution in [1.29, 1.82) is 0 Å². The molecule has 1 amide bonds. The average molecular weight is 304 g/mol. The number of aromatic nitrogens is 1. The molecule has 0 saturated heterocycles. The number of amides is 1. The predicted octanol–water partition coefficient (Wildman–Crippen LogP) is 2.45. The lowest BCUT2D eigenvalue weighted by atomic mass is 10.3. The first-order valence-corrected chi connectivity index (χ1v) is 7.60. The zero-order valence-corrected chi connectivity index (χ0v) is 13.4. The van der Waals surface area contributed by atoms with E-state index in [9.17, 15) is 4.79 Å². The molecule has 0 unspecified atom stereocenters. The van der Waals surface area contributed by atoms with E-state index in [1.54, 1.807) is 25.2 Å². The SMILES string of the molecule is CCN(Cc1ccccn1)c1cc(N)c(C(=O)N(C)C)s1. The van der Waals surface area contributed by atoms with Gasteiger partial charge in [0.2, 0.25) is 0 Å². The van der Waals surface area contributed by atoms with Crippen molar-refractivity contribution < 1.29 is 4.79 Å². The Morgan fingerprint density at radius 2 is 2.14 bits per heavy atom. The maximum atomic E-state index is 12.1. The van der Waals surface area contributed by atoms with E-state index in [0.29, 0.717) is 17.1 Å². The quantitative estimate of drug-likeness (QED) is 0.921. The van der Waals surface area contributed by atoms with E-state index >= 15 is 0 Å². The van der Waals surface area contributed by atoms with Crippen LogP contribution in [0.5, 0.6) is 0 Å². The lowest BCUT2D eigenvalue weighted by Gasteiger charge is -2.20. The fourth-order valence-electron chi connectivity index (χ4n) is 1.95. The highest BCUT2D eigenvalue weighted by Crippen LogP contribution is 2.33. The van der Waals surface area contributed by atoms with Crippen molar-refractivity contribution in [2.75, 3.05) is 31.3 Å². The maximum Gasteiger partial charge on any atom is 0.265 e. The van der Waals surface area contributed by atoms with Gasteiger partial charge in [-0.05, 0) is 25.1 Å². The Morgan fingerprint density at radius 3 is 2.71 bits per heavy atom. The van der Waals surface area contributed by atoms with Gasteiger partial charge in [0.15, 0.2) is 0 Å². The molecule has 2 rings (SSSR count). The molecule has 0 fully saturated rings. The molecule has 6 heteroatoms. The molecule has 0 aliphatic carbocycles. The summed E-state index contributed by atoms with van der Waals surface area (Å²) in [4.78, 5) is 20.7. The third-order valence-corrected chi connectivity index (χ3v) is 4.32. The molecule has 0 radical (unpaired) electrons. The van der Waals surface area contributed by atoms with Crippen molar-refractivity contribution in [3.8, 4) is 0 Å². The van der Waals surface area contributed by atoms with E-state index in [0.717, 1.165) is 17.2 Å². The van der Waals surface area contributed by atoms with E-state index < -0.39 is 0 Å². The molecule has 0 bridgehead atoms. The lowest BCUT2D eigenvalue weighted by molar-refractivity contribution is 0.0833. The summed E-state index contributed by atoms with van der Waals surface area (Å²) in [5.74, 6) is -0.0577. The second-order valence-electron chi connectivity index (χ2n) is 4.90. The van der Waals surface area contributed by atoms with Crippen LogP contribution in [0.2, 0.25) is 0 Å². The van der Waals surface area contributed by atoms with Crippen LogP contribution in [-0.2, 0) is 6.54 Å². The third-order valence-electron chi connectivity index (χ3n) is 3.12. The minimum Gasteiger partial charge on any atom is -0.397 e. The minimum atomic E-state index is -0.0577. The van der Waals surface area contributed by atoms with Gasteiger partial charge >= 0.3 is 0 Å². The maximum absolute atomic E-state index is 12.1. The number of nitrogen functional groups attached to an aromatic ring is 1. The van der Waals surface area contributed by atoms with E-state index in [1.807, 2.05) is 24.3 Å². The Hall–Kier alpha value is -2.08. The highest BCUT2D eigenvalue weighted by atomic mass is 32.1. The number of rotatable bonds is 5. The smallest absolute Gasteiger partial charge is 0.265 e. The number of carbonyl (C=O) groups is 1. The first-order valence-electron chi connectivity index (χ1n) is 6.78. The molecule has 0 spiro atoms. The molecule has 0 aromatic carbocycles. The second-order valence-corrected chi connectivity index (χ2v) is 5.93. The molecule has 112 valence electrons. The topological polar surface area (TPSA) is 62.5 Å². The van der Waals surface area contributed by atoms with Crippen LogP contribution < -0.4 is 10.6 Å². The molecule has 2 heterocycles. The summed E-state index contributed by atoms with van der Waals surface area (Å²) in [7, 11) is 3.46. The molecule has 21 heavy (non-hydrogen) atoms. The first kappa shape index (κ1) is 15.3. The number of thiophene rings is 1. The number of hydrogen-bond acceptors (Lipinski definition) is 5. The number of hydrogen-bond donors (Lipinski definition) is 1. The van der Waals surface area contributed by atoms with E-state index in [1.165, 1.54) is 11.3 Å². The van der Waals surface area contributed by atoms with Gasteiger partial charge in [-0.1, -0.05) is 6.07 Å². The lowest BCUT2D eigenvalue weighted by Crippen LogP contribution is -2.22. The van der Waals surface area contributed by atoms with E-state index in [4.69, 9.17) is 5.73 Å². The fraction of sp³-hybridized carbons (Fsp3) is 0.333. The molecule has 5 nitrogen and oxygen atoms in total. The molecule has 0 aliphatic heterocycles. The molecular formula is C15H20N4OS. The van der Waals surface area contributed by atoms with Gasteiger partial charge in [-0.25, -0.2) is 0 Å². The van der Waals surface area contributed by atoms with Crippen LogP contribution >= 0.6 is 11.3 Å². The first-order chi connectivity index (χ1) is 10.0. The van der Waals surface area contributed by atoms with Crippen LogP contribution in [0.1, 0.15) is 22.3 Å². The molecule has 2 aromatic heterocycles. The summed E-state index contributed by atoms with van der Waals surface area (Å²) in [5, 5.41) is 0.992. The van der Waals surface area contributed by atoms with Crippen molar-refractivity contribution in [2.24, 2.45) is 0 Å². The molecule has 2 aromatic rings. The molecule has 0 saturated carbocycles. The van der Waals surface area contributed by atoms with Crippen LogP contribution in [0.4, 0.5) is 10.7 Å². The van der Waals surface area contributed by atoms with E-state index in [2.05, 4.69) is 16.8 Å². The van der Waals surface area contributed by atoms with Crippen molar-refractivity contribution in [2.45, 2.75) is 13.5 Å². The van der Waals surface area contributed by atoms with Gasteiger partial charge in [-0.15, -0.1) is 11.3 Å². The molecule has 2 N–H and O–H groups in total. The summed E-state index contributed by atoms with van der Waals surface area (Å²) in [6.07, 6.45) is 1.78. The van der Waals surface area contributed by atoms with Gasteiger partial charge in [0.05, 0.1) is 22.9 Å². The highest BCUT2D eigenvalue weighted by molar-refractivity contribution is 7.18. The van der Waals surface area contributed by atoms with Crippen LogP contribution in [0, 0.1) is 0 Å². The zero-order valence-electron chi connectivity index (χ0n) is 12.5. The number of nitrogens with zero attached hydrogens (tertiary/aromatic N) is 3. The normalized spacial score (nSPS) is 10.4. The van der Waals surface area contributed by atoms with Crippen LogP contribution in [0.25, 0.3) is 0 Å². The van der Waals surface area contributed by atoms with Gasteiger partial charge in [0.25, 0.3) is 5.91 Å². The minimum absolute atomic E-state index is 0.0577. The van der Waals surface area contributed by atoms with Crippen molar-refractivity contribution in [3.63, 3.8) is 0 Å². The Kier molecular flexibility index (Phi) is 4.80. The molecule has 0 atom stereocenters. The Balaban J connectivity index is 2.23. The standard InChI is InChI=1S/C15H20N4OS/c1-4-19(10-11-7-5-6-8-17-11)13-9-12(16)14(21-13)15(20)18(2)3/h5-9H,4,10,16H2,1-3H3. The van der Waals surface area contributed by atoms with E-state index in [-0.39, 0.29) is 5.91 Å². The number of nitrogens with two attached hydrogens (primary N) is 1. The average Bonchev–Trinajstić information content (AvgIpc) is 2.86. The monoisotopic (exact) mass is 304 g/mol. The predicted molar refractivity (Wildman–Crippen MR) is 87.7 cm³/mol. The highest BCUT2D eigenvalue weighted by Gasteiger charge is 2.18. The van der Waals surface area contributed by atoms with Crippen molar-refractivity contribution >= 4 is 27.9 Å². The van der Waals surface area contributed by atoms with Gasteiger partial charge in [0.1, 0.15) is 4.88 Å². The summed E-state index contributed by atoms with van der Waals surface area (Å²) in [6, 6.07) is 7.73. The van der Waals surface area contributed by atoms with Crippen molar-refractivity contribution in [1.82, 2.24) is 9.88 Å². The zero-order chi connectivity index (χ0) is 15.4. The Bertz CT molecular complexity index is 609. The summed E-state index contributed by atoms with van der Waals surface area (Å²) >= 11 is 1.43. The summed E-state index contributed by atoms with van der Waals surface area (Å²) in [6.45, 7) is 3.60. The second kappa shape index (κ2) is 6.58. The van der Waals surface area contributed by atoms with Crippen LogP contribution in [0.3, 0.4) is 0 Å². The summed E-state index contributed by atoms with van der Waals surface area (Å²) in [5.41, 5.74) is 7.51. The van der Waals surface area contributed by atoms with Gasteiger partial charge in [-0.3, -0.25) is 9.78 Å². The van der Waals surface area contributed by atoms with Gasteiger partial charge in [-0.2, -0.15) is 0 Å². The number of anilines is 2. The Morgan fingerprint density at radius 1 is 1.38 bits per heavy atom.